The molecular formula is C20H89Fe7O4S5+11. The average molecular weight is 945 g/mol. The van der Waals surface area contributed by atoms with E-state index < -0.39 is 0 Å². The summed E-state index contributed by atoms with van der Waals surface area (Å²) in [6, 6.07) is 0. The van der Waals surface area contributed by atoms with Gasteiger partial charge in [-0.2, -0.15) is 0 Å². The first-order valence-electron chi connectivity index (χ1n) is 0.766. The molecule has 36 heavy (non-hydrogen) atoms. The van der Waals surface area contributed by atoms with E-state index in [-0.39, 0.29) is 240 Å². The summed E-state index contributed by atoms with van der Waals surface area (Å²) < 4.78 is 0. The predicted octanol–water partition coefficient (Wildman–Crippen LogP) is 10.2. The van der Waals surface area contributed by atoms with Crippen LogP contribution in [0.15, 0.2) is 0 Å². The molecule has 0 aliphatic rings. The molecule has 16 heteroatoms. The second-order valence-corrected chi connectivity index (χ2v) is 4.37. The summed E-state index contributed by atoms with van der Waals surface area (Å²) in [5, 5.41) is 0. The van der Waals surface area contributed by atoms with E-state index in [0.717, 1.165) is 16.5 Å². The minimum atomic E-state index is 0. The minimum absolute atomic E-state index is 0. The molecule has 0 saturated heterocycles. The molecule has 268 valence electrons. The molecule has 4 nitrogen and oxygen atoms in total. The Hall–Kier alpha value is 4.58. The first-order chi connectivity index (χ1) is 3.83. The number of hydrogen-bond acceptors (Lipinski definition) is 3. The monoisotopic (exact) mass is 945 g/mol. The van der Waals surface area contributed by atoms with Crippen LogP contribution in [0.1, 0.15) is 150 Å². The van der Waals surface area contributed by atoms with Crippen molar-refractivity contribution in [2.24, 2.45) is 0 Å². The van der Waals surface area contributed by atoms with Crippen LogP contribution in [0.3, 0.4) is 0 Å². The van der Waals surface area contributed by atoms with Crippen molar-refractivity contribution < 1.29 is 135 Å². The van der Waals surface area contributed by atoms with Crippen LogP contribution < -0.4 is 0 Å². The molecule has 0 spiro atoms. The fourth-order valence-corrected chi connectivity index (χ4v) is 0. The van der Waals surface area contributed by atoms with Gasteiger partial charge in [-0.3, -0.25) is 0 Å². The number of rotatable bonds is 0. The van der Waals surface area contributed by atoms with Crippen molar-refractivity contribution in [2.75, 3.05) is 0 Å². The topological polar surface area (TPSA) is 126 Å². The van der Waals surface area contributed by atoms with E-state index in [9.17, 15) is 0 Å². The Labute approximate surface area is 328 Å². The Balaban J connectivity index is -0.000000000244. The van der Waals surface area contributed by atoms with E-state index in [4.69, 9.17) is 0 Å². The SMILES string of the molecule is C.C.C.C.C.C.C.C.C.C.C.C.C.C.C.C.C.C.C.C.O.O.O.O.S=[S]=[Fe].S=[S]=[Fe].[Fe+2].[Fe+2].[Fe+3].[Fe+3].[H+].[S]=[Fe]. The van der Waals surface area contributed by atoms with Crippen LogP contribution in [0.4, 0.5) is 0 Å². The van der Waals surface area contributed by atoms with Gasteiger partial charge in [0.15, 0.2) is 0 Å². The summed E-state index contributed by atoms with van der Waals surface area (Å²) in [4.78, 5) is 0. The van der Waals surface area contributed by atoms with Crippen LogP contribution in [-0.4, -0.2) is 21.9 Å². The maximum absolute atomic E-state index is 4.20. The van der Waals surface area contributed by atoms with Gasteiger partial charge in [-0.15, -0.1) is 0 Å². The molecule has 8 N–H and O–H groups in total. The summed E-state index contributed by atoms with van der Waals surface area (Å²) in [6.45, 7) is 0. The van der Waals surface area contributed by atoms with E-state index in [1.54, 1.807) is 0 Å². The molecule has 0 amide bonds. The van der Waals surface area contributed by atoms with E-state index in [1.807, 2.05) is 0 Å². The molecule has 0 aromatic carbocycles. The van der Waals surface area contributed by atoms with Gasteiger partial charge in [-0.25, -0.2) is 0 Å². The van der Waals surface area contributed by atoms with Crippen LogP contribution in [0.25, 0.3) is 0 Å². The molecule has 0 aliphatic heterocycles. The van der Waals surface area contributed by atoms with Gasteiger partial charge in [-0.1, -0.05) is 149 Å². The van der Waals surface area contributed by atoms with Crippen LogP contribution >= 0.6 is 10.6 Å². The molecule has 0 aromatic rings. The first kappa shape index (κ1) is 693. The summed E-state index contributed by atoms with van der Waals surface area (Å²) in [5.74, 6) is 0. The van der Waals surface area contributed by atoms with Gasteiger partial charge in [0.05, 0.1) is 0 Å². The number of hydrogen-bond donors (Lipinski definition) is 0. The van der Waals surface area contributed by atoms with Crippen molar-refractivity contribution in [3.8, 4) is 0 Å². The second kappa shape index (κ2) is 1360. The molecule has 0 atom stereocenters. The molecule has 0 rings (SSSR count). The summed E-state index contributed by atoms with van der Waals surface area (Å²) in [5.41, 5.74) is 0. The molecule has 0 aromatic heterocycles. The van der Waals surface area contributed by atoms with Gasteiger partial charge in [-0.05, 0) is 0 Å². The molecular weight excluding hydrogens is 855 g/mol. The van der Waals surface area contributed by atoms with Crippen LogP contribution in [-0.2, 0) is 150 Å². The fourth-order valence-electron chi connectivity index (χ4n) is 0. The molecule has 2 radical (unpaired) electrons. The van der Waals surface area contributed by atoms with Crippen LogP contribution in [0.2, 0.25) is 0 Å². The summed E-state index contributed by atoms with van der Waals surface area (Å²) in [7, 11) is 6.00. The van der Waals surface area contributed by atoms with Crippen LogP contribution in [0, 0.1) is 0 Å². The standard InChI is InChI=1S/20CH4.7Fe.4H2O.2S2.S/c;;;;;;;;;;;;;;;;;;;;;;;;;;;;;;;2*1-2;/h20*1H4;;;;;;;;4*1H2;;;/q;;;;;;;;;;;;;;;;;;;;;;;2*+2;2*+3;;;;;;;/p+1. The zero-order valence-corrected chi connectivity index (χ0v) is 18.3. The predicted molar refractivity (Wildman–Crippen MR) is 187 cm³/mol. The molecule has 0 unspecified atom stereocenters. The summed E-state index contributed by atoms with van der Waals surface area (Å²) in [6.07, 6.45) is 0. The van der Waals surface area contributed by atoms with Crippen molar-refractivity contribution in [1.82, 2.24) is 0 Å². The van der Waals surface area contributed by atoms with Crippen molar-refractivity contribution in [3.63, 3.8) is 0 Å². The average Bonchev–Trinajstić information content (AvgIpc) is 1.75. The Morgan fingerprint density at radius 1 is 0.333 bits per heavy atom. The summed E-state index contributed by atoms with van der Waals surface area (Å²) >= 11 is 17.7. The Bertz CT molecular complexity index is 131. The Morgan fingerprint density at radius 2 is 0.333 bits per heavy atom. The molecule has 0 heterocycles. The van der Waals surface area contributed by atoms with Crippen molar-refractivity contribution in [3.05, 3.63) is 0 Å². The van der Waals surface area contributed by atoms with Crippen LogP contribution in [0.5, 0.6) is 0 Å². The van der Waals surface area contributed by atoms with Gasteiger partial charge in [0.25, 0.3) is 0 Å². The van der Waals surface area contributed by atoms with E-state index in [2.05, 4.69) is 76.1 Å². The third-order valence-electron chi connectivity index (χ3n) is 0. The molecule has 0 bridgehead atoms. The van der Waals surface area contributed by atoms with Crippen molar-refractivity contribution >= 4 is 49.4 Å². The van der Waals surface area contributed by atoms with Gasteiger partial charge in [0.2, 0.25) is 0 Å². The first-order valence-corrected chi connectivity index (χ1v) is 8.36. The zero-order chi connectivity index (χ0) is 7.41. The van der Waals surface area contributed by atoms with Gasteiger partial charge in [0.1, 0.15) is 0 Å². The zero-order valence-electron chi connectivity index (χ0n) is 7.52. The van der Waals surface area contributed by atoms with Crippen molar-refractivity contribution in [2.45, 2.75) is 149 Å². The molecule has 0 saturated carbocycles. The van der Waals surface area contributed by atoms with E-state index >= 15 is 0 Å². The second-order valence-electron chi connectivity index (χ2n) is 0.118. The van der Waals surface area contributed by atoms with E-state index in [1.165, 1.54) is 0 Å². The molecule has 0 fully saturated rings. The third-order valence-corrected chi connectivity index (χ3v) is 0. The Morgan fingerprint density at radius 3 is 0.333 bits per heavy atom. The van der Waals surface area contributed by atoms with Gasteiger partial charge < -0.3 is 21.9 Å². The van der Waals surface area contributed by atoms with Crippen molar-refractivity contribution in [1.29, 1.82) is 0 Å². The Kier molecular flexibility index (Phi) is 26200. The normalized spacial score (nSPS) is 0.861. The van der Waals surface area contributed by atoms with Gasteiger partial charge in [0, 0.05) is 0 Å². The third kappa shape index (κ3) is 2600. The van der Waals surface area contributed by atoms with Gasteiger partial charge >= 0.3 is 162 Å². The maximum atomic E-state index is 4.20. The molecule has 0 aliphatic carbocycles. The quantitative estimate of drug-likeness (QED) is 0.225. The van der Waals surface area contributed by atoms with E-state index in [0.29, 0.717) is 0 Å². The fraction of sp³-hybridized carbons (Fsp3) is 1.00.